The van der Waals surface area contributed by atoms with Crippen LogP contribution in [0.2, 0.25) is 0 Å². The third-order valence-corrected chi connectivity index (χ3v) is 4.94. The van der Waals surface area contributed by atoms with Crippen LogP contribution in [0.1, 0.15) is 39.9 Å². The third-order valence-electron chi connectivity index (χ3n) is 4.94. The first-order valence-electron chi connectivity index (χ1n) is 9.95. The first kappa shape index (κ1) is 19.6. The number of pyridine rings is 1. The number of benzene rings is 1. The maximum absolute atomic E-state index is 12.9. The van der Waals surface area contributed by atoms with Gasteiger partial charge in [-0.05, 0) is 44.0 Å². The Morgan fingerprint density at radius 2 is 1.87 bits per heavy atom. The smallest absolute Gasteiger partial charge is 0.259 e. The van der Waals surface area contributed by atoms with E-state index >= 15 is 0 Å². The molecule has 3 aromatic heterocycles. The number of aromatic nitrogens is 5. The summed E-state index contributed by atoms with van der Waals surface area (Å²) in [5, 5.41) is 11.8. The largest absolute Gasteiger partial charge is 0.320 e. The summed E-state index contributed by atoms with van der Waals surface area (Å²) in [6, 6.07) is 15.8. The van der Waals surface area contributed by atoms with Gasteiger partial charge in [-0.2, -0.15) is 10.2 Å². The van der Waals surface area contributed by atoms with Crippen LogP contribution in [0.5, 0.6) is 0 Å². The van der Waals surface area contributed by atoms with Crippen molar-refractivity contribution in [1.82, 2.24) is 24.5 Å². The van der Waals surface area contributed by atoms with Gasteiger partial charge in [-0.25, -0.2) is 9.67 Å². The van der Waals surface area contributed by atoms with Gasteiger partial charge in [-0.15, -0.1) is 0 Å². The molecular weight excluding hydrogens is 376 g/mol. The molecule has 0 aliphatic carbocycles. The molecule has 1 amide bonds. The fourth-order valence-corrected chi connectivity index (χ4v) is 3.51. The Kier molecular flexibility index (Phi) is 5.43. The minimum atomic E-state index is -0.188. The van der Waals surface area contributed by atoms with Crippen molar-refractivity contribution in [2.75, 3.05) is 5.32 Å². The van der Waals surface area contributed by atoms with Gasteiger partial charge in [0.1, 0.15) is 0 Å². The van der Waals surface area contributed by atoms with Crippen LogP contribution >= 0.6 is 0 Å². The summed E-state index contributed by atoms with van der Waals surface area (Å²) in [4.78, 5) is 17.3. The van der Waals surface area contributed by atoms with E-state index in [2.05, 4.69) is 32.6 Å². The predicted molar refractivity (Wildman–Crippen MR) is 116 cm³/mol. The Bertz CT molecular complexity index is 1160. The zero-order chi connectivity index (χ0) is 21.1. The molecule has 0 bridgehead atoms. The average molecular weight is 400 g/mol. The fourth-order valence-electron chi connectivity index (χ4n) is 3.51. The number of hydrogen-bond donors (Lipinski definition) is 1. The Morgan fingerprint density at radius 1 is 1.07 bits per heavy atom. The fraction of sp³-hybridized carbons (Fsp3) is 0.217. The summed E-state index contributed by atoms with van der Waals surface area (Å²) in [7, 11) is 0. The molecule has 0 spiro atoms. The molecule has 0 aliphatic heterocycles. The number of carbonyl (C=O) groups excluding carboxylic acids is 1. The van der Waals surface area contributed by atoms with E-state index in [1.807, 2.05) is 61.9 Å². The summed E-state index contributed by atoms with van der Waals surface area (Å²) in [6.07, 6.45) is 3.99. The normalized spacial score (nSPS) is 10.9. The molecule has 1 N–H and O–H groups in total. The lowest BCUT2D eigenvalue weighted by molar-refractivity contribution is 0.102. The molecule has 7 heteroatoms. The topological polar surface area (TPSA) is 77.6 Å². The average Bonchev–Trinajstić information content (AvgIpc) is 3.31. The third kappa shape index (κ3) is 4.00. The van der Waals surface area contributed by atoms with Crippen molar-refractivity contribution in [3.05, 3.63) is 89.1 Å². The van der Waals surface area contributed by atoms with Gasteiger partial charge in [0, 0.05) is 5.69 Å². The van der Waals surface area contributed by atoms with Gasteiger partial charge < -0.3 is 5.32 Å². The minimum Gasteiger partial charge on any atom is -0.320 e. The van der Waals surface area contributed by atoms with E-state index in [0.29, 0.717) is 30.0 Å². The van der Waals surface area contributed by atoms with E-state index < -0.39 is 0 Å². The first-order chi connectivity index (χ1) is 14.5. The molecule has 0 saturated carbocycles. The Morgan fingerprint density at radius 3 is 2.50 bits per heavy atom. The summed E-state index contributed by atoms with van der Waals surface area (Å²) in [6.45, 7) is 6.59. The molecule has 0 unspecified atom stereocenters. The van der Waals surface area contributed by atoms with Gasteiger partial charge in [0.25, 0.3) is 5.91 Å². The van der Waals surface area contributed by atoms with E-state index in [4.69, 9.17) is 0 Å². The monoisotopic (exact) mass is 400 g/mol. The molecule has 0 saturated heterocycles. The van der Waals surface area contributed by atoms with Crippen molar-refractivity contribution in [1.29, 1.82) is 0 Å². The molecule has 0 fully saturated rings. The van der Waals surface area contributed by atoms with Crippen LogP contribution in [0.25, 0.3) is 5.82 Å². The Labute approximate surface area is 175 Å². The zero-order valence-electron chi connectivity index (χ0n) is 17.3. The predicted octanol–water partition coefficient (Wildman–Crippen LogP) is 3.94. The summed E-state index contributed by atoms with van der Waals surface area (Å²) >= 11 is 0. The second-order valence-electron chi connectivity index (χ2n) is 7.20. The van der Waals surface area contributed by atoms with Gasteiger partial charge in [0.15, 0.2) is 5.82 Å². The van der Waals surface area contributed by atoms with Crippen molar-refractivity contribution < 1.29 is 4.79 Å². The molecule has 0 atom stereocenters. The number of rotatable bonds is 6. The van der Waals surface area contributed by atoms with Crippen molar-refractivity contribution >= 4 is 11.6 Å². The van der Waals surface area contributed by atoms with Gasteiger partial charge in [0.2, 0.25) is 0 Å². The quantitative estimate of drug-likeness (QED) is 0.532. The van der Waals surface area contributed by atoms with Crippen LogP contribution in [0, 0.1) is 13.8 Å². The van der Waals surface area contributed by atoms with Gasteiger partial charge in [-0.1, -0.05) is 37.3 Å². The van der Waals surface area contributed by atoms with Gasteiger partial charge in [0.05, 0.1) is 41.6 Å². The molecular formula is C23H24N6O. The minimum absolute atomic E-state index is 0.188. The van der Waals surface area contributed by atoms with Crippen LogP contribution in [-0.4, -0.2) is 30.5 Å². The van der Waals surface area contributed by atoms with Crippen LogP contribution in [0.15, 0.2) is 60.9 Å². The maximum Gasteiger partial charge on any atom is 0.259 e. The van der Waals surface area contributed by atoms with Crippen LogP contribution in [-0.2, 0) is 13.0 Å². The Hall–Kier alpha value is -3.74. The second-order valence-corrected chi connectivity index (χ2v) is 7.20. The summed E-state index contributed by atoms with van der Waals surface area (Å²) in [5.41, 5.74) is 5.20. The molecule has 1 aromatic carbocycles. The molecule has 4 rings (SSSR count). The van der Waals surface area contributed by atoms with E-state index in [1.54, 1.807) is 17.1 Å². The second kappa shape index (κ2) is 8.32. The van der Waals surface area contributed by atoms with Crippen molar-refractivity contribution in [3.63, 3.8) is 0 Å². The SMILES string of the molecule is CCc1c(C(=O)Nc2ccc(-n3nc(C)cc3C)nc2)cnn1Cc1ccccc1. The van der Waals surface area contributed by atoms with Gasteiger partial charge >= 0.3 is 0 Å². The highest BCUT2D eigenvalue weighted by Crippen LogP contribution is 2.16. The zero-order valence-corrected chi connectivity index (χ0v) is 17.3. The van der Waals surface area contributed by atoms with Gasteiger partial charge in [-0.3, -0.25) is 9.48 Å². The first-order valence-corrected chi connectivity index (χ1v) is 9.95. The summed E-state index contributed by atoms with van der Waals surface area (Å²) < 4.78 is 3.66. The van der Waals surface area contributed by atoms with E-state index in [0.717, 1.165) is 22.6 Å². The molecule has 0 radical (unpaired) electrons. The molecule has 30 heavy (non-hydrogen) atoms. The Balaban J connectivity index is 1.50. The van der Waals surface area contributed by atoms with Crippen molar-refractivity contribution in [2.45, 2.75) is 33.7 Å². The van der Waals surface area contributed by atoms with E-state index in [9.17, 15) is 4.79 Å². The number of amides is 1. The number of aryl methyl sites for hydroxylation is 2. The summed E-state index contributed by atoms with van der Waals surface area (Å²) in [5.74, 6) is 0.523. The highest BCUT2D eigenvalue weighted by atomic mass is 16.1. The number of carbonyl (C=O) groups is 1. The number of anilines is 1. The van der Waals surface area contributed by atoms with E-state index in [-0.39, 0.29) is 5.91 Å². The van der Waals surface area contributed by atoms with Crippen LogP contribution < -0.4 is 5.32 Å². The molecule has 7 nitrogen and oxygen atoms in total. The lowest BCUT2D eigenvalue weighted by Gasteiger charge is -2.09. The van der Waals surface area contributed by atoms with Crippen molar-refractivity contribution in [3.8, 4) is 5.82 Å². The highest BCUT2D eigenvalue weighted by Gasteiger charge is 2.17. The number of nitrogens with one attached hydrogen (secondary N) is 1. The maximum atomic E-state index is 12.9. The van der Waals surface area contributed by atoms with Crippen molar-refractivity contribution in [2.24, 2.45) is 0 Å². The molecule has 152 valence electrons. The molecule has 3 heterocycles. The van der Waals surface area contributed by atoms with Crippen LogP contribution in [0.3, 0.4) is 0 Å². The number of nitrogens with zero attached hydrogens (tertiary/aromatic N) is 5. The molecule has 4 aromatic rings. The standard InChI is InChI=1S/C23H24N6O/c1-4-21-20(14-25-28(21)15-18-8-6-5-7-9-18)23(30)26-19-10-11-22(24-13-19)29-17(3)12-16(2)27-29/h5-14H,4,15H2,1-3H3,(H,26,30). The lowest BCUT2D eigenvalue weighted by Crippen LogP contribution is -2.15. The molecule has 0 aliphatic rings. The number of hydrogen-bond acceptors (Lipinski definition) is 4. The van der Waals surface area contributed by atoms with E-state index in [1.165, 1.54) is 0 Å². The lowest BCUT2D eigenvalue weighted by atomic mass is 10.1. The highest BCUT2D eigenvalue weighted by molar-refractivity contribution is 6.04. The van der Waals surface area contributed by atoms with Crippen LogP contribution in [0.4, 0.5) is 5.69 Å².